The van der Waals surface area contributed by atoms with Crippen molar-refractivity contribution in [3.63, 3.8) is 0 Å². The van der Waals surface area contributed by atoms with E-state index in [4.69, 9.17) is 11.6 Å². The number of thiophene rings is 1. The van der Waals surface area contributed by atoms with Gasteiger partial charge in [-0.3, -0.25) is 0 Å². The molecule has 0 aliphatic carbocycles. The van der Waals surface area contributed by atoms with Crippen molar-refractivity contribution in [2.75, 3.05) is 0 Å². The summed E-state index contributed by atoms with van der Waals surface area (Å²) in [5.41, 5.74) is 1.23. The second kappa shape index (κ2) is 5.04. The normalized spacial score (nSPS) is 11.0. The number of halogens is 2. The van der Waals surface area contributed by atoms with E-state index in [1.165, 1.54) is 20.5 Å². The molecule has 0 saturated heterocycles. The van der Waals surface area contributed by atoms with Crippen LogP contribution in [0.15, 0.2) is 53.0 Å². The first-order valence-electron chi connectivity index (χ1n) is 5.64. The van der Waals surface area contributed by atoms with Gasteiger partial charge in [-0.1, -0.05) is 45.7 Å². The van der Waals surface area contributed by atoms with Crippen LogP contribution in [0.2, 0.25) is 5.02 Å². The zero-order chi connectivity index (χ0) is 12.5. The highest BCUT2D eigenvalue weighted by Crippen LogP contribution is 2.30. The van der Waals surface area contributed by atoms with E-state index in [1.54, 1.807) is 0 Å². The monoisotopic (exact) mass is 336 g/mol. The Morgan fingerprint density at radius 3 is 2.72 bits per heavy atom. The summed E-state index contributed by atoms with van der Waals surface area (Å²) in [6.07, 6.45) is 0.917. The Morgan fingerprint density at radius 1 is 1.06 bits per heavy atom. The molecule has 0 N–H and O–H groups in total. The quantitative estimate of drug-likeness (QED) is 0.545. The maximum absolute atomic E-state index is 6.04. The standard InChI is InChI=1S/C15H10BrClS/c16-14-6-5-12(17)7-11(14)9-13-8-10-3-1-2-4-15(10)18-13/h1-8H,9H2. The fourth-order valence-corrected chi connectivity index (χ4v) is 3.66. The number of hydrogen-bond donors (Lipinski definition) is 0. The van der Waals surface area contributed by atoms with Crippen LogP contribution in [-0.2, 0) is 6.42 Å². The van der Waals surface area contributed by atoms with Crippen LogP contribution < -0.4 is 0 Å². The van der Waals surface area contributed by atoms with Crippen molar-refractivity contribution in [2.24, 2.45) is 0 Å². The second-order valence-electron chi connectivity index (χ2n) is 4.16. The van der Waals surface area contributed by atoms with Gasteiger partial charge in [0.05, 0.1) is 0 Å². The fraction of sp³-hybridized carbons (Fsp3) is 0.0667. The molecule has 0 spiro atoms. The lowest BCUT2D eigenvalue weighted by atomic mass is 10.1. The Hall–Kier alpha value is -0.830. The molecule has 0 aliphatic heterocycles. The Balaban J connectivity index is 1.98. The van der Waals surface area contributed by atoms with Crippen molar-refractivity contribution in [1.29, 1.82) is 0 Å². The number of fused-ring (bicyclic) bond motifs is 1. The average molecular weight is 338 g/mol. The zero-order valence-electron chi connectivity index (χ0n) is 9.49. The molecule has 0 aliphatic rings. The van der Waals surface area contributed by atoms with Crippen LogP contribution >= 0.6 is 38.9 Å². The summed E-state index contributed by atoms with van der Waals surface area (Å²) in [7, 11) is 0. The van der Waals surface area contributed by atoms with Crippen LogP contribution in [0.5, 0.6) is 0 Å². The van der Waals surface area contributed by atoms with Crippen molar-refractivity contribution < 1.29 is 0 Å². The van der Waals surface area contributed by atoms with E-state index in [9.17, 15) is 0 Å². The molecule has 18 heavy (non-hydrogen) atoms. The largest absolute Gasteiger partial charge is 0.140 e. The molecule has 0 bridgehead atoms. The predicted molar refractivity (Wildman–Crippen MR) is 83.8 cm³/mol. The number of benzene rings is 2. The average Bonchev–Trinajstić information content (AvgIpc) is 2.76. The molecule has 0 saturated carbocycles. The molecule has 0 radical (unpaired) electrons. The second-order valence-corrected chi connectivity index (χ2v) is 6.62. The molecule has 0 unspecified atom stereocenters. The first kappa shape index (κ1) is 12.2. The van der Waals surface area contributed by atoms with Gasteiger partial charge in [0.15, 0.2) is 0 Å². The molecule has 90 valence electrons. The minimum atomic E-state index is 0.786. The Morgan fingerprint density at radius 2 is 1.89 bits per heavy atom. The van der Waals surface area contributed by atoms with Gasteiger partial charge < -0.3 is 0 Å². The minimum Gasteiger partial charge on any atom is -0.140 e. The summed E-state index contributed by atoms with van der Waals surface area (Å²) in [6.45, 7) is 0. The van der Waals surface area contributed by atoms with Crippen LogP contribution in [0.3, 0.4) is 0 Å². The highest BCUT2D eigenvalue weighted by atomic mass is 79.9. The Labute approximate surface area is 123 Å². The van der Waals surface area contributed by atoms with Crippen molar-refractivity contribution in [3.05, 3.63) is 68.5 Å². The molecule has 3 heteroatoms. The highest BCUT2D eigenvalue weighted by molar-refractivity contribution is 9.10. The SMILES string of the molecule is Clc1ccc(Br)c(Cc2cc3ccccc3s2)c1. The van der Waals surface area contributed by atoms with Crippen LogP contribution in [0, 0.1) is 0 Å². The first-order chi connectivity index (χ1) is 8.72. The summed E-state index contributed by atoms with van der Waals surface area (Å²) >= 11 is 11.5. The van der Waals surface area contributed by atoms with Gasteiger partial charge in [-0.2, -0.15) is 0 Å². The fourth-order valence-electron chi connectivity index (χ4n) is 1.99. The molecular formula is C15H10BrClS. The van der Waals surface area contributed by atoms with Gasteiger partial charge >= 0.3 is 0 Å². The lowest BCUT2D eigenvalue weighted by Gasteiger charge is -2.03. The van der Waals surface area contributed by atoms with Crippen molar-refractivity contribution in [1.82, 2.24) is 0 Å². The van der Waals surface area contributed by atoms with Gasteiger partial charge in [0, 0.05) is 25.5 Å². The molecule has 1 heterocycles. The van der Waals surface area contributed by atoms with E-state index in [0.717, 1.165) is 15.9 Å². The van der Waals surface area contributed by atoms with Gasteiger partial charge in [-0.15, -0.1) is 11.3 Å². The van der Waals surface area contributed by atoms with E-state index in [0.29, 0.717) is 0 Å². The molecule has 2 aromatic carbocycles. The van der Waals surface area contributed by atoms with E-state index < -0.39 is 0 Å². The van der Waals surface area contributed by atoms with E-state index in [2.05, 4.69) is 46.3 Å². The topological polar surface area (TPSA) is 0 Å². The van der Waals surface area contributed by atoms with Gasteiger partial charge in [0.1, 0.15) is 0 Å². The third-order valence-corrected chi connectivity index (χ3v) is 4.97. The highest BCUT2D eigenvalue weighted by Gasteiger charge is 2.06. The van der Waals surface area contributed by atoms with E-state index in [-0.39, 0.29) is 0 Å². The van der Waals surface area contributed by atoms with Crippen LogP contribution in [0.4, 0.5) is 0 Å². The van der Waals surface area contributed by atoms with Crippen LogP contribution in [0.1, 0.15) is 10.4 Å². The third-order valence-electron chi connectivity index (χ3n) is 2.85. The van der Waals surface area contributed by atoms with E-state index in [1.807, 2.05) is 29.5 Å². The van der Waals surface area contributed by atoms with E-state index >= 15 is 0 Å². The molecular weight excluding hydrogens is 328 g/mol. The Kier molecular flexibility index (Phi) is 3.42. The maximum atomic E-state index is 6.04. The van der Waals surface area contributed by atoms with Crippen LogP contribution in [-0.4, -0.2) is 0 Å². The maximum Gasteiger partial charge on any atom is 0.0409 e. The van der Waals surface area contributed by atoms with Gasteiger partial charge in [0.25, 0.3) is 0 Å². The first-order valence-corrected chi connectivity index (χ1v) is 7.62. The summed E-state index contributed by atoms with van der Waals surface area (Å²) in [6, 6.07) is 16.7. The number of rotatable bonds is 2. The van der Waals surface area contributed by atoms with Crippen molar-refractivity contribution in [2.45, 2.75) is 6.42 Å². The van der Waals surface area contributed by atoms with Crippen molar-refractivity contribution in [3.8, 4) is 0 Å². The summed E-state index contributed by atoms with van der Waals surface area (Å²) in [5, 5.41) is 2.10. The zero-order valence-corrected chi connectivity index (χ0v) is 12.6. The molecule has 0 atom stereocenters. The third kappa shape index (κ3) is 2.46. The molecule has 0 fully saturated rings. The smallest absolute Gasteiger partial charge is 0.0409 e. The summed E-state index contributed by atoms with van der Waals surface area (Å²) in [4.78, 5) is 1.36. The van der Waals surface area contributed by atoms with Crippen LogP contribution in [0.25, 0.3) is 10.1 Å². The number of hydrogen-bond acceptors (Lipinski definition) is 1. The van der Waals surface area contributed by atoms with Gasteiger partial charge in [-0.25, -0.2) is 0 Å². The summed E-state index contributed by atoms with van der Waals surface area (Å²) < 4.78 is 2.45. The van der Waals surface area contributed by atoms with Gasteiger partial charge in [0.2, 0.25) is 0 Å². The lowest BCUT2D eigenvalue weighted by Crippen LogP contribution is -1.86. The molecule has 3 rings (SSSR count). The van der Waals surface area contributed by atoms with Crippen molar-refractivity contribution >= 4 is 49.0 Å². The van der Waals surface area contributed by atoms with Gasteiger partial charge in [-0.05, 0) is 41.3 Å². The molecule has 3 aromatic rings. The molecule has 0 amide bonds. The predicted octanol–water partition coefficient (Wildman–Crippen LogP) is 5.91. The molecule has 1 aromatic heterocycles. The summed E-state index contributed by atoms with van der Waals surface area (Å²) in [5.74, 6) is 0. The minimum absolute atomic E-state index is 0.786. The molecule has 0 nitrogen and oxygen atoms in total. The lowest BCUT2D eigenvalue weighted by molar-refractivity contribution is 1.23. The Bertz CT molecular complexity index is 670.